The molecule has 0 fully saturated rings. The SMILES string of the molecule is CC(C)(CCN)Nc1ncc(-c2cccnc2)cn1. The van der Waals surface area contributed by atoms with Crippen LogP contribution in [0.3, 0.4) is 0 Å². The summed E-state index contributed by atoms with van der Waals surface area (Å²) in [4.78, 5) is 12.7. The first-order chi connectivity index (χ1) is 9.11. The van der Waals surface area contributed by atoms with Gasteiger partial charge in [0.2, 0.25) is 5.95 Å². The summed E-state index contributed by atoms with van der Waals surface area (Å²) in [6, 6.07) is 3.88. The molecule has 0 aliphatic heterocycles. The number of hydrogen-bond acceptors (Lipinski definition) is 5. The van der Waals surface area contributed by atoms with E-state index in [9.17, 15) is 0 Å². The molecule has 3 N–H and O–H groups in total. The van der Waals surface area contributed by atoms with Crippen LogP contribution >= 0.6 is 0 Å². The van der Waals surface area contributed by atoms with Crippen LogP contribution < -0.4 is 11.1 Å². The molecule has 0 atom stereocenters. The van der Waals surface area contributed by atoms with E-state index < -0.39 is 0 Å². The van der Waals surface area contributed by atoms with Crippen molar-refractivity contribution in [1.82, 2.24) is 15.0 Å². The second kappa shape index (κ2) is 5.75. The second-order valence-corrected chi connectivity index (χ2v) is 5.08. The van der Waals surface area contributed by atoms with Crippen LogP contribution in [0.4, 0.5) is 5.95 Å². The minimum absolute atomic E-state index is 0.107. The molecular formula is C14H19N5. The Kier molecular flexibility index (Phi) is 4.06. The summed E-state index contributed by atoms with van der Waals surface area (Å²) in [5, 5.41) is 3.28. The molecule has 2 heterocycles. The molecule has 0 saturated carbocycles. The summed E-state index contributed by atoms with van der Waals surface area (Å²) in [5.41, 5.74) is 7.44. The van der Waals surface area contributed by atoms with E-state index in [-0.39, 0.29) is 5.54 Å². The fourth-order valence-corrected chi connectivity index (χ4v) is 1.80. The number of nitrogens with zero attached hydrogens (tertiary/aromatic N) is 3. The van der Waals surface area contributed by atoms with Gasteiger partial charge in [0.15, 0.2) is 0 Å². The van der Waals surface area contributed by atoms with Crippen LogP contribution in [0, 0.1) is 0 Å². The largest absolute Gasteiger partial charge is 0.349 e. The van der Waals surface area contributed by atoms with Crippen molar-refractivity contribution in [2.75, 3.05) is 11.9 Å². The standard InChI is InChI=1S/C14H19N5/c1-14(2,5-6-15)19-13-17-9-12(10-18-13)11-4-3-7-16-8-11/h3-4,7-10H,5-6,15H2,1-2H3,(H,17,18,19). The Bertz CT molecular complexity index is 507. The Hall–Kier alpha value is -2.01. The molecule has 0 radical (unpaired) electrons. The Morgan fingerprint density at radius 3 is 2.47 bits per heavy atom. The summed E-state index contributed by atoms with van der Waals surface area (Å²) >= 11 is 0. The fraction of sp³-hybridized carbons (Fsp3) is 0.357. The number of pyridine rings is 1. The lowest BCUT2D eigenvalue weighted by Crippen LogP contribution is -2.34. The molecule has 0 unspecified atom stereocenters. The highest BCUT2D eigenvalue weighted by Crippen LogP contribution is 2.18. The lowest BCUT2D eigenvalue weighted by molar-refractivity contribution is 0.522. The molecule has 2 aromatic rings. The van der Waals surface area contributed by atoms with Crippen LogP contribution in [0.5, 0.6) is 0 Å². The Morgan fingerprint density at radius 1 is 1.16 bits per heavy atom. The van der Waals surface area contributed by atoms with Crippen molar-refractivity contribution in [1.29, 1.82) is 0 Å². The number of rotatable bonds is 5. The van der Waals surface area contributed by atoms with Gasteiger partial charge in [-0.3, -0.25) is 4.98 Å². The van der Waals surface area contributed by atoms with Gasteiger partial charge in [-0.25, -0.2) is 9.97 Å². The fourth-order valence-electron chi connectivity index (χ4n) is 1.80. The summed E-state index contributed by atoms with van der Waals surface area (Å²) in [7, 11) is 0. The minimum atomic E-state index is -0.107. The van der Waals surface area contributed by atoms with Crippen molar-refractivity contribution in [3.8, 4) is 11.1 Å². The molecule has 0 spiro atoms. The van der Waals surface area contributed by atoms with E-state index in [1.54, 1.807) is 24.8 Å². The Balaban J connectivity index is 2.11. The zero-order valence-corrected chi connectivity index (χ0v) is 11.3. The minimum Gasteiger partial charge on any atom is -0.349 e. The lowest BCUT2D eigenvalue weighted by atomic mass is 10.0. The predicted molar refractivity (Wildman–Crippen MR) is 76.6 cm³/mol. The van der Waals surface area contributed by atoms with Crippen LogP contribution in [0.1, 0.15) is 20.3 Å². The molecule has 0 aliphatic rings. The van der Waals surface area contributed by atoms with Crippen LogP contribution in [0.2, 0.25) is 0 Å². The van der Waals surface area contributed by atoms with E-state index in [1.165, 1.54) is 0 Å². The third kappa shape index (κ3) is 3.72. The zero-order valence-electron chi connectivity index (χ0n) is 11.3. The molecule has 0 aromatic carbocycles. The second-order valence-electron chi connectivity index (χ2n) is 5.08. The van der Waals surface area contributed by atoms with Crippen molar-refractivity contribution < 1.29 is 0 Å². The van der Waals surface area contributed by atoms with Gasteiger partial charge in [-0.1, -0.05) is 6.07 Å². The maximum Gasteiger partial charge on any atom is 0.223 e. The zero-order chi connectivity index (χ0) is 13.7. The Morgan fingerprint density at radius 2 is 1.89 bits per heavy atom. The summed E-state index contributed by atoms with van der Waals surface area (Å²) in [6.45, 7) is 4.80. The van der Waals surface area contributed by atoms with Gasteiger partial charge >= 0.3 is 0 Å². The van der Waals surface area contributed by atoms with Crippen LogP contribution in [-0.4, -0.2) is 27.0 Å². The van der Waals surface area contributed by atoms with E-state index in [0.717, 1.165) is 17.5 Å². The van der Waals surface area contributed by atoms with Crippen LogP contribution in [0.15, 0.2) is 36.9 Å². The van der Waals surface area contributed by atoms with Crippen molar-refractivity contribution in [3.63, 3.8) is 0 Å². The van der Waals surface area contributed by atoms with E-state index >= 15 is 0 Å². The van der Waals surface area contributed by atoms with Crippen molar-refractivity contribution in [3.05, 3.63) is 36.9 Å². The number of anilines is 1. The normalized spacial score (nSPS) is 11.3. The van der Waals surface area contributed by atoms with Crippen LogP contribution in [0.25, 0.3) is 11.1 Å². The topological polar surface area (TPSA) is 76.7 Å². The average molecular weight is 257 g/mol. The lowest BCUT2D eigenvalue weighted by Gasteiger charge is -2.25. The molecule has 0 amide bonds. The monoisotopic (exact) mass is 257 g/mol. The number of nitrogens with two attached hydrogens (primary N) is 1. The predicted octanol–water partition coefficient (Wildman–Crippen LogP) is 2.08. The maximum absolute atomic E-state index is 5.58. The summed E-state index contributed by atoms with van der Waals surface area (Å²) in [6.07, 6.45) is 8.00. The number of aromatic nitrogens is 3. The highest BCUT2D eigenvalue weighted by molar-refractivity contribution is 5.60. The molecule has 19 heavy (non-hydrogen) atoms. The number of nitrogens with one attached hydrogen (secondary N) is 1. The van der Waals surface area contributed by atoms with Crippen molar-refractivity contribution in [2.45, 2.75) is 25.8 Å². The highest BCUT2D eigenvalue weighted by Gasteiger charge is 2.17. The van der Waals surface area contributed by atoms with Crippen molar-refractivity contribution >= 4 is 5.95 Å². The first-order valence-electron chi connectivity index (χ1n) is 6.31. The first kappa shape index (κ1) is 13.4. The first-order valence-corrected chi connectivity index (χ1v) is 6.31. The maximum atomic E-state index is 5.58. The van der Waals surface area contributed by atoms with Crippen molar-refractivity contribution in [2.24, 2.45) is 5.73 Å². The van der Waals surface area contributed by atoms with Gasteiger partial charge in [0.1, 0.15) is 0 Å². The molecule has 2 aromatic heterocycles. The number of hydrogen-bond donors (Lipinski definition) is 2. The molecule has 5 heteroatoms. The highest BCUT2D eigenvalue weighted by atomic mass is 15.1. The third-order valence-electron chi connectivity index (χ3n) is 2.87. The quantitative estimate of drug-likeness (QED) is 0.857. The van der Waals surface area contributed by atoms with E-state index in [0.29, 0.717) is 12.5 Å². The van der Waals surface area contributed by atoms with Gasteiger partial charge in [0, 0.05) is 41.5 Å². The summed E-state index contributed by atoms with van der Waals surface area (Å²) in [5.74, 6) is 0.617. The molecule has 2 rings (SSSR count). The van der Waals surface area contributed by atoms with Crippen LogP contribution in [-0.2, 0) is 0 Å². The molecule has 100 valence electrons. The van der Waals surface area contributed by atoms with E-state index in [2.05, 4.69) is 34.1 Å². The smallest absolute Gasteiger partial charge is 0.223 e. The summed E-state index contributed by atoms with van der Waals surface area (Å²) < 4.78 is 0. The molecule has 0 aliphatic carbocycles. The van der Waals surface area contributed by atoms with Gasteiger partial charge in [0.05, 0.1) is 0 Å². The molecule has 5 nitrogen and oxygen atoms in total. The molecule has 0 saturated heterocycles. The van der Waals surface area contributed by atoms with Gasteiger partial charge < -0.3 is 11.1 Å². The van der Waals surface area contributed by atoms with Gasteiger partial charge in [-0.15, -0.1) is 0 Å². The Labute approximate surface area is 113 Å². The molecule has 0 bridgehead atoms. The molecular weight excluding hydrogens is 238 g/mol. The van der Waals surface area contributed by atoms with Gasteiger partial charge in [0.25, 0.3) is 0 Å². The van der Waals surface area contributed by atoms with Gasteiger partial charge in [-0.05, 0) is 32.9 Å². The van der Waals surface area contributed by atoms with E-state index in [1.807, 2.05) is 12.1 Å². The average Bonchev–Trinajstić information content (AvgIpc) is 2.40. The van der Waals surface area contributed by atoms with Gasteiger partial charge in [-0.2, -0.15) is 0 Å². The van der Waals surface area contributed by atoms with E-state index in [4.69, 9.17) is 5.73 Å². The third-order valence-corrected chi connectivity index (χ3v) is 2.87.